The lowest BCUT2D eigenvalue weighted by Gasteiger charge is -2.36. The van der Waals surface area contributed by atoms with E-state index in [1.807, 2.05) is 18.2 Å². The number of carbonyl (C=O) groups excluding carboxylic acids is 1. The number of ether oxygens (including phenoxy) is 1. The summed E-state index contributed by atoms with van der Waals surface area (Å²) in [6, 6.07) is 9.09. The van der Waals surface area contributed by atoms with Gasteiger partial charge in [-0.25, -0.2) is 4.79 Å². The summed E-state index contributed by atoms with van der Waals surface area (Å²) in [4.78, 5) is 15.3. The van der Waals surface area contributed by atoms with Crippen LogP contribution < -0.4 is 4.74 Å². The molecular formula is C22H35NO3. The molecule has 2 rings (SSSR count). The van der Waals surface area contributed by atoms with Crippen molar-refractivity contribution in [3.8, 4) is 5.75 Å². The Hall–Kier alpha value is -1.39. The summed E-state index contributed by atoms with van der Waals surface area (Å²) >= 11 is 0. The van der Waals surface area contributed by atoms with Crippen molar-refractivity contribution in [1.29, 1.82) is 0 Å². The molecule has 0 heterocycles. The number of para-hydroxylation sites is 1. The first-order chi connectivity index (χ1) is 12.6. The summed E-state index contributed by atoms with van der Waals surface area (Å²) in [6.45, 7) is 7.43. The van der Waals surface area contributed by atoms with Crippen molar-refractivity contribution in [2.75, 3.05) is 19.6 Å². The van der Waals surface area contributed by atoms with Crippen molar-refractivity contribution in [1.82, 2.24) is 4.90 Å². The number of hydrogen-bond donors (Lipinski definition) is 1. The van der Waals surface area contributed by atoms with E-state index < -0.39 is 11.6 Å². The second-order valence-electron chi connectivity index (χ2n) is 7.45. The van der Waals surface area contributed by atoms with E-state index in [1.54, 1.807) is 12.1 Å². The third kappa shape index (κ3) is 5.82. The maximum atomic E-state index is 12.9. The molecule has 1 aliphatic rings. The Labute approximate surface area is 158 Å². The molecule has 0 amide bonds. The lowest BCUT2D eigenvalue weighted by Crippen LogP contribution is -2.49. The van der Waals surface area contributed by atoms with Gasteiger partial charge in [0.1, 0.15) is 5.75 Å². The molecule has 26 heavy (non-hydrogen) atoms. The Morgan fingerprint density at radius 3 is 2.38 bits per heavy atom. The van der Waals surface area contributed by atoms with Crippen molar-refractivity contribution < 1.29 is 14.6 Å². The normalized spacial score (nSPS) is 17.8. The number of unbranched alkanes of at least 4 members (excludes halogenated alkanes) is 1. The summed E-state index contributed by atoms with van der Waals surface area (Å²) in [5.74, 6) is 0.0502. The van der Waals surface area contributed by atoms with Gasteiger partial charge in [0.2, 0.25) is 0 Å². The second kappa shape index (κ2) is 10.7. The van der Waals surface area contributed by atoms with Crippen molar-refractivity contribution in [3.63, 3.8) is 0 Å². The van der Waals surface area contributed by atoms with Gasteiger partial charge in [-0.3, -0.25) is 0 Å². The minimum absolute atomic E-state index is 0.0147. The van der Waals surface area contributed by atoms with Crippen LogP contribution in [0.4, 0.5) is 0 Å². The minimum Gasteiger partial charge on any atom is -0.424 e. The standard InChI is InChI=1S/C22H35NO3/c1-3-23(4-2)18-12-11-17-22(25,19-13-7-5-8-14-19)21(24)26-20-15-9-6-10-16-20/h6,9-10,15-16,19,25H,3-5,7-8,11-14,17-18H2,1-2H3. The molecule has 1 N–H and O–H groups in total. The van der Waals surface area contributed by atoms with Gasteiger partial charge in [-0.1, -0.05) is 51.3 Å². The summed E-state index contributed by atoms with van der Waals surface area (Å²) in [7, 11) is 0. The molecule has 1 aromatic rings. The number of esters is 1. The molecule has 0 aliphatic heterocycles. The van der Waals surface area contributed by atoms with E-state index in [2.05, 4.69) is 18.7 Å². The van der Waals surface area contributed by atoms with Crippen LogP contribution in [-0.2, 0) is 4.79 Å². The molecule has 0 radical (unpaired) electrons. The molecule has 1 aromatic carbocycles. The van der Waals surface area contributed by atoms with Crippen LogP contribution >= 0.6 is 0 Å². The Kier molecular flexibility index (Phi) is 8.60. The van der Waals surface area contributed by atoms with E-state index in [0.29, 0.717) is 12.2 Å². The first kappa shape index (κ1) is 20.9. The van der Waals surface area contributed by atoms with E-state index in [1.165, 1.54) is 6.42 Å². The molecule has 1 saturated carbocycles. The van der Waals surface area contributed by atoms with Gasteiger partial charge >= 0.3 is 5.97 Å². The SMILES string of the molecule is CCN(CC)CCCCC(O)(C(=O)Oc1ccccc1)C1CCCCC1. The maximum Gasteiger partial charge on any atom is 0.343 e. The zero-order chi connectivity index (χ0) is 18.8. The van der Waals surface area contributed by atoms with Crippen molar-refractivity contribution in [2.45, 2.75) is 70.8 Å². The zero-order valence-corrected chi connectivity index (χ0v) is 16.5. The highest BCUT2D eigenvalue weighted by Crippen LogP contribution is 2.37. The second-order valence-corrected chi connectivity index (χ2v) is 7.45. The number of benzene rings is 1. The summed E-state index contributed by atoms with van der Waals surface area (Å²) in [5.41, 5.74) is -1.36. The lowest BCUT2D eigenvalue weighted by molar-refractivity contribution is -0.164. The van der Waals surface area contributed by atoms with Gasteiger partial charge in [-0.2, -0.15) is 0 Å². The fourth-order valence-corrected chi connectivity index (χ4v) is 4.01. The predicted molar refractivity (Wildman–Crippen MR) is 105 cm³/mol. The molecule has 1 fully saturated rings. The number of aliphatic hydroxyl groups is 1. The predicted octanol–water partition coefficient (Wildman–Crippen LogP) is 4.42. The van der Waals surface area contributed by atoms with Gasteiger partial charge in [0.05, 0.1) is 0 Å². The molecule has 4 nitrogen and oxygen atoms in total. The van der Waals surface area contributed by atoms with Crippen molar-refractivity contribution in [3.05, 3.63) is 30.3 Å². The zero-order valence-electron chi connectivity index (χ0n) is 16.5. The molecule has 0 bridgehead atoms. The van der Waals surface area contributed by atoms with Crippen LogP contribution in [0, 0.1) is 5.92 Å². The third-order valence-corrected chi connectivity index (χ3v) is 5.76. The quantitative estimate of drug-likeness (QED) is 0.381. The van der Waals surface area contributed by atoms with E-state index in [0.717, 1.165) is 58.2 Å². The number of carbonyl (C=O) groups is 1. The summed E-state index contributed by atoms with van der Waals surface area (Å²) in [6.07, 6.45) is 7.53. The number of hydrogen-bond acceptors (Lipinski definition) is 4. The van der Waals surface area contributed by atoms with Gasteiger partial charge in [-0.15, -0.1) is 0 Å². The molecule has 0 spiro atoms. The fourth-order valence-electron chi connectivity index (χ4n) is 4.01. The van der Waals surface area contributed by atoms with Crippen LogP contribution in [0.2, 0.25) is 0 Å². The monoisotopic (exact) mass is 361 g/mol. The average Bonchev–Trinajstić information content (AvgIpc) is 2.69. The van der Waals surface area contributed by atoms with Crippen LogP contribution in [0.5, 0.6) is 5.75 Å². The topological polar surface area (TPSA) is 49.8 Å². The number of rotatable bonds is 10. The first-order valence-corrected chi connectivity index (χ1v) is 10.3. The molecule has 0 saturated heterocycles. The minimum atomic E-state index is -1.36. The van der Waals surface area contributed by atoms with Crippen molar-refractivity contribution in [2.24, 2.45) is 5.92 Å². The van der Waals surface area contributed by atoms with Crippen LogP contribution in [0.1, 0.15) is 65.2 Å². The molecule has 0 aromatic heterocycles. The van der Waals surface area contributed by atoms with Crippen LogP contribution in [-0.4, -0.2) is 41.2 Å². The fraction of sp³-hybridized carbons (Fsp3) is 0.682. The molecule has 146 valence electrons. The Morgan fingerprint density at radius 2 is 1.77 bits per heavy atom. The van der Waals surface area contributed by atoms with E-state index in [4.69, 9.17) is 4.74 Å². The van der Waals surface area contributed by atoms with Gasteiger partial charge in [0, 0.05) is 0 Å². The van der Waals surface area contributed by atoms with Gasteiger partial charge in [-0.05, 0) is 69.8 Å². The van der Waals surface area contributed by atoms with Gasteiger partial charge < -0.3 is 14.7 Å². The van der Waals surface area contributed by atoms with Crippen LogP contribution in [0.3, 0.4) is 0 Å². The highest BCUT2D eigenvalue weighted by Gasteiger charge is 2.45. The molecule has 1 unspecified atom stereocenters. The van der Waals surface area contributed by atoms with Crippen molar-refractivity contribution >= 4 is 5.97 Å². The largest absolute Gasteiger partial charge is 0.424 e. The summed E-state index contributed by atoms with van der Waals surface area (Å²) in [5, 5.41) is 11.4. The molecule has 1 aliphatic carbocycles. The third-order valence-electron chi connectivity index (χ3n) is 5.76. The van der Waals surface area contributed by atoms with Gasteiger partial charge in [0.15, 0.2) is 5.60 Å². The number of nitrogens with zero attached hydrogens (tertiary/aromatic N) is 1. The Morgan fingerprint density at radius 1 is 1.12 bits per heavy atom. The molecular weight excluding hydrogens is 326 g/mol. The van der Waals surface area contributed by atoms with Crippen LogP contribution in [0.15, 0.2) is 30.3 Å². The molecule has 4 heteroatoms. The van der Waals surface area contributed by atoms with Gasteiger partial charge in [0.25, 0.3) is 0 Å². The summed E-state index contributed by atoms with van der Waals surface area (Å²) < 4.78 is 5.55. The lowest BCUT2D eigenvalue weighted by atomic mass is 9.74. The van der Waals surface area contributed by atoms with Crippen LogP contribution in [0.25, 0.3) is 0 Å². The molecule has 1 atom stereocenters. The highest BCUT2D eigenvalue weighted by atomic mass is 16.6. The maximum absolute atomic E-state index is 12.9. The Bertz CT molecular complexity index is 523. The van der Waals surface area contributed by atoms with E-state index in [9.17, 15) is 9.90 Å². The smallest absolute Gasteiger partial charge is 0.343 e. The average molecular weight is 362 g/mol. The first-order valence-electron chi connectivity index (χ1n) is 10.3. The Balaban J connectivity index is 2.00. The van der Waals surface area contributed by atoms with E-state index in [-0.39, 0.29) is 5.92 Å². The van der Waals surface area contributed by atoms with E-state index >= 15 is 0 Å². The highest BCUT2D eigenvalue weighted by molar-refractivity contribution is 5.81.